The van der Waals surface area contributed by atoms with Crippen LogP contribution in [0.15, 0.2) is 17.5 Å². The van der Waals surface area contributed by atoms with Crippen LogP contribution in [0.2, 0.25) is 0 Å². The molecule has 6 heteroatoms. The molecule has 0 fully saturated rings. The maximum absolute atomic E-state index is 11.7. The van der Waals surface area contributed by atoms with Crippen molar-refractivity contribution < 1.29 is 14.4 Å². The summed E-state index contributed by atoms with van der Waals surface area (Å²) in [6, 6.07) is 3.45. The molecule has 0 aliphatic heterocycles. The fraction of sp³-hybridized carbons (Fsp3) is 0.333. The van der Waals surface area contributed by atoms with Crippen LogP contribution >= 0.6 is 11.3 Å². The number of hydrogen-bond acceptors (Lipinski definition) is 4. The third-order valence-corrected chi connectivity index (χ3v) is 2.60. The van der Waals surface area contributed by atoms with Gasteiger partial charge >= 0.3 is 0 Å². The van der Waals surface area contributed by atoms with Crippen molar-refractivity contribution in [1.82, 2.24) is 10.4 Å². The first kappa shape index (κ1) is 11.7. The lowest BCUT2D eigenvalue weighted by molar-refractivity contribution is -0.136. The molecule has 1 rings (SSSR count). The van der Waals surface area contributed by atoms with Crippen LogP contribution in [0.1, 0.15) is 9.67 Å². The predicted molar refractivity (Wildman–Crippen MR) is 56.4 cm³/mol. The quantitative estimate of drug-likeness (QED) is 0.763. The van der Waals surface area contributed by atoms with Gasteiger partial charge in [-0.3, -0.25) is 14.4 Å². The normalized spacial score (nSPS) is 9.73. The lowest BCUT2D eigenvalue weighted by Gasteiger charge is -2.17. The average molecular weight is 228 g/mol. The molecule has 0 saturated carbocycles. The summed E-state index contributed by atoms with van der Waals surface area (Å²) in [6.07, 6.45) is 0. The van der Waals surface area contributed by atoms with Gasteiger partial charge in [-0.05, 0) is 11.4 Å². The predicted octanol–water partition coefficient (Wildman–Crippen LogP) is 0.498. The number of amides is 2. The summed E-state index contributed by atoms with van der Waals surface area (Å²) >= 11 is 1.31. The fourth-order valence-corrected chi connectivity index (χ4v) is 1.62. The van der Waals surface area contributed by atoms with Gasteiger partial charge in [-0.25, -0.2) is 5.06 Å². The van der Waals surface area contributed by atoms with Crippen molar-refractivity contribution in [2.75, 3.05) is 20.7 Å². The summed E-state index contributed by atoms with van der Waals surface area (Å²) < 4.78 is 0. The van der Waals surface area contributed by atoms with Crippen molar-refractivity contribution in [1.29, 1.82) is 0 Å². The van der Waals surface area contributed by atoms with Crippen molar-refractivity contribution in [3.05, 3.63) is 22.4 Å². The molecule has 1 N–H and O–H groups in total. The maximum atomic E-state index is 11.7. The molecule has 0 aliphatic carbocycles. The van der Waals surface area contributed by atoms with E-state index in [1.807, 2.05) is 0 Å². The molecule has 0 unspecified atom stereocenters. The number of thiophene rings is 1. The van der Waals surface area contributed by atoms with E-state index in [1.165, 1.54) is 25.5 Å². The van der Waals surface area contributed by atoms with Gasteiger partial charge in [0, 0.05) is 7.05 Å². The van der Waals surface area contributed by atoms with Gasteiger partial charge in [-0.1, -0.05) is 6.07 Å². The first-order valence-electron chi connectivity index (χ1n) is 4.29. The Kier molecular flexibility index (Phi) is 4.26. The molecule has 1 heterocycles. The maximum Gasteiger partial charge on any atom is 0.287 e. The van der Waals surface area contributed by atoms with Crippen LogP contribution in [0, 0.1) is 0 Å². The van der Waals surface area contributed by atoms with Crippen LogP contribution in [-0.4, -0.2) is 37.6 Å². The monoisotopic (exact) mass is 228 g/mol. The Morgan fingerprint density at radius 1 is 1.60 bits per heavy atom. The molecule has 0 atom stereocenters. The van der Waals surface area contributed by atoms with Crippen molar-refractivity contribution in [3.63, 3.8) is 0 Å². The van der Waals surface area contributed by atoms with Crippen LogP contribution in [0.5, 0.6) is 0 Å². The molecular weight excluding hydrogens is 216 g/mol. The topological polar surface area (TPSA) is 58.6 Å². The van der Waals surface area contributed by atoms with E-state index in [2.05, 4.69) is 5.32 Å². The van der Waals surface area contributed by atoms with Gasteiger partial charge in [0.25, 0.3) is 5.91 Å². The van der Waals surface area contributed by atoms with Crippen LogP contribution in [0.25, 0.3) is 0 Å². The lowest BCUT2D eigenvalue weighted by Crippen LogP contribution is -2.38. The highest BCUT2D eigenvalue weighted by atomic mass is 32.1. The second-order valence-corrected chi connectivity index (χ2v) is 3.62. The van der Waals surface area contributed by atoms with E-state index in [9.17, 15) is 9.59 Å². The Bertz CT molecular complexity index is 337. The van der Waals surface area contributed by atoms with Gasteiger partial charge in [0.2, 0.25) is 5.91 Å². The van der Waals surface area contributed by atoms with Crippen LogP contribution in [0.3, 0.4) is 0 Å². The Balaban J connectivity index is 2.67. The molecule has 0 bridgehead atoms. The molecule has 0 aliphatic rings. The van der Waals surface area contributed by atoms with E-state index < -0.39 is 0 Å². The third-order valence-electron chi connectivity index (χ3n) is 1.74. The van der Waals surface area contributed by atoms with E-state index in [1.54, 1.807) is 17.5 Å². The number of carbonyl (C=O) groups excluding carboxylic acids is 2. The highest BCUT2D eigenvalue weighted by molar-refractivity contribution is 7.12. The molecule has 1 aromatic heterocycles. The number of nitrogens with one attached hydrogen (secondary N) is 1. The first-order valence-corrected chi connectivity index (χ1v) is 5.17. The zero-order chi connectivity index (χ0) is 11.3. The largest absolute Gasteiger partial charge is 0.358 e. The van der Waals surface area contributed by atoms with E-state index in [0.717, 1.165) is 5.06 Å². The zero-order valence-corrected chi connectivity index (χ0v) is 9.34. The second-order valence-electron chi connectivity index (χ2n) is 2.67. The summed E-state index contributed by atoms with van der Waals surface area (Å²) in [5, 5.41) is 5.23. The van der Waals surface area contributed by atoms with Gasteiger partial charge in [-0.15, -0.1) is 11.3 Å². The molecule has 0 saturated heterocycles. The van der Waals surface area contributed by atoms with Crippen molar-refractivity contribution >= 4 is 23.2 Å². The van der Waals surface area contributed by atoms with Crippen molar-refractivity contribution in [3.8, 4) is 0 Å². The molecule has 5 nitrogen and oxygen atoms in total. The number of hydrogen-bond donors (Lipinski definition) is 1. The summed E-state index contributed by atoms with van der Waals surface area (Å²) in [6.45, 7) is -0.107. The van der Waals surface area contributed by atoms with Gasteiger partial charge < -0.3 is 5.32 Å². The first-order chi connectivity index (χ1) is 7.19. The second kappa shape index (κ2) is 5.47. The summed E-state index contributed by atoms with van der Waals surface area (Å²) in [5.41, 5.74) is 0. The highest BCUT2D eigenvalue weighted by Crippen LogP contribution is 2.11. The van der Waals surface area contributed by atoms with E-state index >= 15 is 0 Å². The molecule has 15 heavy (non-hydrogen) atoms. The molecule has 0 spiro atoms. The van der Waals surface area contributed by atoms with Crippen molar-refractivity contribution in [2.45, 2.75) is 0 Å². The van der Waals surface area contributed by atoms with Crippen molar-refractivity contribution in [2.24, 2.45) is 0 Å². The highest BCUT2D eigenvalue weighted by Gasteiger charge is 2.18. The Morgan fingerprint density at radius 2 is 2.33 bits per heavy atom. The van der Waals surface area contributed by atoms with Gasteiger partial charge in [0.05, 0.1) is 12.0 Å². The van der Waals surface area contributed by atoms with Gasteiger partial charge in [-0.2, -0.15) is 0 Å². The Morgan fingerprint density at radius 3 is 2.80 bits per heavy atom. The Hall–Kier alpha value is -1.40. The fourth-order valence-electron chi connectivity index (χ4n) is 0.952. The number of carbonyl (C=O) groups is 2. The summed E-state index contributed by atoms with van der Waals surface area (Å²) in [4.78, 5) is 28.2. The van der Waals surface area contributed by atoms with Gasteiger partial charge in [0.15, 0.2) is 0 Å². The molecular formula is C9H12N2O3S. The number of likely N-dealkylation sites (N-methyl/N-ethyl adjacent to an activating group) is 1. The zero-order valence-electron chi connectivity index (χ0n) is 8.52. The van der Waals surface area contributed by atoms with E-state index in [0.29, 0.717) is 4.88 Å². The minimum absolute atomic E-state index is 0.107. The summed E-state index contributed by atoms with van der Waals surface area (Å²) in [5.74, 6) is -0.585. The standard InChI is InChI=1S/C9H12N2O3S/c1-10-8(12)6-11(14-2)9(13)7-4-3-5-15-7/h3-5H,6H2,1-2H3,(H,10,12). The average Bonchev–Trinajstić information content (AvgIpc) is 2.77. The molecule has 2 amide bonds. The molecule has 82 valence electrons. The summed E-state index contributed by atoms with van der Waals surface area (Å²) in [7, 11) is 2.86. The van der Waals surface area contributed by atoms with E-state index in [4.69, 9.17) is 4.84 Å². The smallest absolute Gasteiger partial charge is 0.287 e. The number of nitrogens with zero attached hydrogens (tertiary/aromatic N) is 1. The molecule has 1 aromatic rings. The molecule has 0 radical (unpaired) electrons. The Labute approximate surface area is 91.6 Å². The van der Waals surface area contributed by atoms with Gasteiger partial charge in [0.1, 0.15) is 6.54 Å². The third kappa shape index (κ3) is 3.03. The SMILES string of the molecule is CNC(=O)CN(OC)C(=O)c1cccs1. The van der Waals surface area contributed by atoms with Crippen LogP contribution in [0.4, 0.5) is 0 Å². The minimum Gasteiger partial charge on any atom is -0.358 e. The van der Waals surface area contributed by atoms with E-state index in [-0.39, 0.29) is 18.4 Å². The minimum atomic E-state index is -0.309. The van der Waals surface area contributed by atoms with Crippen LogP contribution < -0.4 is 5.32 Å². The lowest BCUT2D eigenvalue weighted by atomic mass is 10.4. The van der Waals surface area contributed by atoms with Crippen LogP contribution in [-0.2, 0) is 9.63 Å². The number of hydroxylamine groups is 2. The molecule has 0 aromatic carbocycles. The number of rotatable bonds is 4.